The van der Waals surface area contributed by atoms with Gasteiger partial charge in [0.25, 0.3) is 5.91 Å². The van der Waals surface area contributed by atoms with E-state index in [0.717, 1.165) is 10.4 Å². The molecule has 12 heavy (non-hydrogen) atoms. The summed E-state index contributed by atoms with van der Waals surface area (Å²) in [6.45, 7) is 3.06. The minimum Gasteiger partial charge on any atom is -0.352 e. The van der Waals surface area contributed by atoms with Crippen LogP contribution in [0.5, 0.6) is 0 Å². The van der Waals surface area contributed by atoms with Crippen LogP contribution in [0.2, 0.25) is 0 Å². The van der Waals surface area contributed by atoms with Crippen LogP contribution in [0, 0.1) is 0 Å². The summed E-state index contributed by atoms with van der Waals surface area (Å²) in [7, 11) is 0. The smallest absolute Gasteiger partial charge is 0.261 e. The van der Waals surface area contributed by atoms with Crippen molar-refractivity contribution in [1.29, 1.82) is 0 Å². The topological polar surface area (TPSA) is 55.1 Å². The van der Waals surface area contributed by atoms with Gasteiger partial charge in [-0.2, -0.15) is 0 Å². The van der Waals surface area contributed by atoms with Crippen LogP contribution in [0.25, 0.3) is 0 Å². The predicted octanol–water partition coefficient (Wildman–Crippen LogP) is 0.957. The Balaban J connectivity index is 2.68. The first kappa shape index (κ1) is 9.22. The number of thiophene rings is 1. The van der Waals surface area contributed by atoms with E-state index in [1.165, 1.54) is 11.3 Å². The summed E-state index contributed by atoms with van der Waals surface area (Å²) in [6, 6.07) is 1.83. The maximum Gasteiger partial charge on any atom is 0.261 e. The fourth-order valence-electron chi connectivity index (χ4n) is 0.849. The van der Waals surface area contributed by atoms with Crippen molar-refractivity contribution in [2.24, 2.45) is 5.73 Å². The van der Waals surface area contributed by atoms with E-state index in [0.29, 0.717) is 13.1 Å². The molecule has 1 rings (SSSR count). The van der Waals surface area contributed by atoms with Crippen molar-refractivity contribution in [3.8, 4) is 0 Å². The Morgan fingerprint density at radius 1 is 1.75 bits per heavy atom. The summed E-state index contributed by atoms with van der Waals surface area (Å²) in [6.07, 6.45) is 0. The van der Waals surface area contributed by atoms with Crippen molar-refractivity contribution in [3.63, 3.8) is 0 Å². The highest BCUT2D eigenvalue weighted by atomic mass is 32.1. The van der Waals surface area contributed by atoms with Gasteiger partial charge < -0.3 is 11.1 Å². The summed E-state index contributed by atoms with van der Waals surface area (Å²) in [4.78, 5) is 12.0. The second-order valence-corrected chi connectivity index (χ2v) is 3.29. The minimum atomic E-state index is -0.0119. The molecule has 0 atom stereocenters. The molecule has 4 heteroatoms. The van der Waals surface area contributed by atoms with Gasteiger partial charge in [-0.3, -0.25) is 4.79 Å². The molecular weight excluding hydrogens is 172 g/mol. The van der Waals surface area contributed by atoms with E-state index in [-0.39, 0.29) is 5.91 Å². The number of hydrogen-bond donors (Lipinski definition) is 2. The summed E-state index contributed by atoms with van der Waals surface area (Å²) in [5, 5.41) is 4.64. The molecule has 0 aliphatic rings. The third-order valence-electron chi connectivity index (χ3n) is 1.45. The van der Waals surface area contributed by atoms with Gasteiger partial charge in [-0.1, -0.05) is 0 Å². The van der Waals surface area contributed by atoms with Gasteiger partial charge >= 0.3 is 0 Å². The standard InChI is InChI=1S/C8H12N2OS/c1-2-10-8(11)7-3-6(4-9)5-12-7/h3,5H,2,4,9H2,1H3,(H,10,11). The van der Waals surface area contributed by atoms with Crippen molar-refractivity contribution in [3.05, 3.63) is 21.9 Å². The van der Waals surface area contributed by atoms with E-state index in [2.05, 4.69) is 5.32 Å². The summed E-state index contributed by atoms with van der Waals surface area (Å²) >= 11 is 1.43. The fourth-order valence-corrected chi connectivity index (χ4v) is 1.69. The highest BCUT2D eigenvalue weighted by Crippen LogP contribution is 2.13. The SMILES string of the molecule is CCNC(=O)c1cc(CN)cs1. The highest BCUT2D eigenvalue weighted by molar-refractivity contribution is 7.12. The van der Waals surface area contributed by atoms with Crippen molar-refractivity contribution < 1.29 is 4.79 Å². The van der Waals surface area contributed by atoms with Crippen LogP contribution in [0.1, 0.15) is 22.2 Å². The number of nitrogens with one attached hydrogen (secondary N) is 1. The van der Waals surface area contributed by atoms with Crippen LogP contribution in [-0.4, -0.2) is 12.5 Å². The molecule has 0 spiro atoms. The van der Waals surface area contributed by atoms with Gasteiger partial charge in [0.15, 0.2) is 0 Å². The lowest BCUT2D eigenvalue weighted by Crippen LogP contribution is -2.21. The van der Waals surface area contributed by atoms with Gasteiger partial charge in [-0.25, -0.2) is 0 Å². The third kappa shape index (κ3) is 2.06. The van der Waals surface area contributed by atoms with Crippen molar-refractivity contribution in [2.45, 2.75) is 13.5 Å². The first-order valence-electron chi connectivity index (χ1n) is 3.83. The Bertz CT molecular complexity index is 270. The first-order valence-corrected chi connectivity index (χ1v) is 4.71. The Kier molecular flexibility index (Phi) is 3.25. The highest BCUT2D eigenvalue weighted by Gasteiger charge is 2.06. The number of carbonyl (C=O) groups excluding carboxylic acids is 1. The lowest BCUT2D eigenvalue weighted by atomic mass is 10.3. The molecule has 0 saturated carbocycles. The molecule has 0 bridgehead atoms. The molecule has 0 fully saturated rings. The molecule has 1 aromatic heterocycles. The van der Waals surface area contributed by atoms with Crippen LogP contribution < -0.4 is 11.1 Å². The maximum absolute atomic E-state index is 11.2. The minimum absolute atomic E-state index is 0.0119. The average Bonchev–Trinajstić information content (AvgIpc) is 2.52. The van der Waals surface area contributed by atoms with E-state index in [4.69, 9.17) is 5.73 Å². The van der Waals surface area contributed by atoms with Gasteiger partial charge in [0.05, 0.1) is 4.88 Å². The molecule has 66 valence electrons. The predicted molar refractivity (Wildman–Crippen MR) is 50.2 cm³/mol. The van der Waals surface area contributed by atoms with Gasteiger partial charge in [0.1, 0.15) is 0 Å². The molecule has 1 amide bonds. The molecule has 0 aliphatic heterocycles. The Morgan fingerprint density at radius 2 is 2.50 bits per heavy atom. The van der Waals surface area contributed by atoms with E-state index >= 15 is 0 Å². The second kappa shape index (κ2) is 4.23. The molecule has 1 heterocycles. The first-order chi connectivity index (χ1) is 5.77. The average molecular weight is 184 g/mol. The number of rotatable bonds is 3. The van der Waals surface area contributed by atoms with Gasteiger partial charge in [0, 0.05) is 13.1 Å². The van der Waals surface area contributed by atoms with Gasteiger partial charge in [-0.15, -0.1) is 11.3 Å². The number of carbonyl (C=O) groups is 1. The largest absolute Gasteiger partial charge is 0.352 e. The molecule has 0 saturated heterocycles. The molecule has 3 N–H and O–H groups in total. The van der Waals surface area contributed by atoms with Crippen molar-refractivity contribution in [1.82, 2.24) is 5.32 Å². The summed E-state index contributed by atoms with van der Waals surface area (Å²) < 4.78 is 0. The van der Waals surface area contributed by atoms with Crippen molar-refractivity contribution >= 4 is 17.2 Å². The maximum atomic E-state index is 11.2. The van der Waals surface area contributed by atoms with E-state index in [1.54, 1.807) is 0 Å². The van der Waals surface area contributed by atoms with Crippen LogP contribution in [0.3, 0.4) is 0 Å². The molecule has 0 radical (unpaired) electrons. The van der Waals surface area contributed by atoms with Crippen LogP contribution in [0.15, 0.2) is 11.4 Å². The summed E-state index contributed by atoms with van der Waals surface area (Å²) in [5.74, 6) is -0.0119. The van der Waals surface area contributed by atoms with Crippen LogP contribution in [-0.2, 0) is 6.54 Å². The fraction of sp³-hybridized carbons (Fsp3) is 0.375. The quantitative estimate of drug-likeness (QED) is 0.735. The zero-order valence-corrected chi connectivity index (χ0v) is 7.78. The normalized spacial score (nSPS) is 9.83. The zero-order chi connectivity index (χ0) is 8.97. The lowest BCUT2D eigenvalue weighted by Gasteiger charge is -1.96. The van der Waals surface area contributed by atoms with Gasteiger partial charge in [-0.05, 0) is 23.9 Å². The Hall–Kier alpha value is -0.870. The molecule has 0 aliphatic carbocycles. The number of hydrogen-bond acceptors (Lipinski definition) is 3. The molecule has 1 aromatic rings. The lowest BCUT2D eigenvalue weighted by molar-refractivity contribution is 0.0960. The Morgan fingerprint density at radius 3 is 3.00 bits per heavy atom. The van der Waals surface area contributed by atoms with E-state index in [1.807, 2.05) is 18.4 Å². The second-order valence-electron chi connectivity index (χ2n) is 2.38. The molecular formula is C8H12N2OS. The van der Waals surface area contributed by atoms with Crippen LogP contribution >= 0.6 is 11.3 Å². The van der Waals surface area contributed by atoms with Crippen molar-refractivity contribution in [2.75, 3.05) is 6.54 Å². The number of amides is 1. The van der Waals surface area contributed by atoms with Gasteiger partial charge in [0.2, 0.25) is 0 Å². The van der Waals surface area contributed by atoms with E-state index < -0.39 is 0 Å². The van der Waals surface area contributed by atoms with E-state index in [9.17, 15) is 4.79 Å². The molecule has 3 nitrogen and oxygen atoms in total. The monoisotopic (exact) mass is 184 g/mol. The zero-order valence-electron chi connectivity index (χ0n) is 6.96. The van der Waals surface area contributed by atoms with Crippen LogP contribution in [0.4, 0.5) is 0 Å². The molecule has 0 aromatic carbocycles. The Labute approximate surface area is 75.6 Å². The number of nitrogens with two attached hydrogens (primary N) is 1. The molecule has 0 unspecified atom stereocenters. The summed E-state index contributed by atoms with van der Waals surface area (Å²) in [5.41, 5.74) is 6.43. The third-order valence-corrected chi connectivity index (χ3v) is 2.43.